The van der Waals surface area contributed by atoms with Gasteiger partial charge < -0.3 is 10.2 Å². The second kappa shape index (κ2) is 4.62. The Kier molecular flexibility index (Phi) is 3.16. The van der Waals surface area contributed by atoms with Crippen LogP contribution in [0.1, 0.15) is 27.3 Å². The standard InChI is InChI=1S/C13H14N2O3/c1-8-3-5-10(6-4-8)15-11(7-16)9(2)12(14-15)13(17)18/h3-6,16H,7H2,1-2H3,(H,17,18). The molecule has 94 valence electrons. The van der Waals surface area contributed by atoms with Crippen LogP contribution < -0.4 is 0 Å². The van der Waals surface area contributed by atoms with Crippen molar-refractivity contribution >= 4 is 5.97 Å². The molecule has 2 rings (SSSR count). The Morgan fingerprint density at radius 3 is 2.39 bits per heavy atom. The molecule has 0 saturated carbocycles. The van der Waals surface area contributed by atoms with Crippen molar-refractivity contribution in [3.8, 4) is 5.69 Å². The first-order valence-electron chi connectivity index (χ1n) is 5.54. The molecule has 0 radical (unpaired) electrons. The molecule has 0 unspecified atom stereocenters. The zero-order valence-electron chi connectivity index (χ0n) is 10.2. The SMILES string of the molecule is Cc1ccc(-n2nc(C(=O)O)c(C)c2CO)cc1. The summed E-state index contributed by atoms with van der Waals surface area (Å²) in [5, 5.41) is 22.4. The molecule has 0 atom stereocenters. The van der Waals surface area contributed by atoms with E-state index in [1.54, 1.807) is 6.92 Å². The second-order valence-electron chi connectivity index (χ2n) is 4.13. The lowest BCUT2D eigenvalue weighted by Gasteiger charge is -2.06. The number of hydrogen-bond donors (Lipinski definition) is 2. The number of carboxylic acids is 1. The van der Waals surface area contributed by atoms with E-state index in [9.17, 15) is 9.90 Å². The number of rotatable bonds is 3. The minimum Gasteiger partial charge on any atom is -0.476 e. The molecule has 0 spiro atoms. The maximum atomic E-state index is 11.0. The number of nitrogens with zero attached hydrogens (tertiary/aromatic N) is 2. The Morgan fingerprint density at radius 1 is 1.28 bits per heavy atom. The zero-order chi connectivity index (χ0) is 13.3. The van der Waals surface area contributed by atoms with Gasteiger partial charge in [0.25, 0.3) is 0 Å². The highest BCUT2D eigenvalue weighted by molar-refractivity contribution is 5.87. The van der Waals surface area contributed by atoms with E-state index in [2.05, 4.69) is 5.10 Å². The average molecular weight is 246 g/mol. The second-order valence-corrected chi connectivity index (χ2v) is 4.13. The molecule has 2 N–H and O–H groups in total. The molecular formula is C13H14N2O3. The van der Waals surface area contributed by atoms with Crippen molar-refractivity contribution in [3.63, 3.8) is 0 Å². The molecule has 5 heteroatoms. The van der Waals surface area contributed by atoms with Gasteiger partial charge in [0.05, 0.1) is 18.0 Å². The highest BCUT2D eigenvalue weighted by atomic mass is 16.4. The van der Waals surface area contributed by atoms with E-state index in [-0.39, 0.29) is 12.3 Å². The predicted octanol–water partition coefficient (Wildman–Crippen LogP) is 1.68. The highest BCUT2D eigenvalue weighted by Gasteiger charge is 2.19. The summed E-state index contributed by atoms with van der Waals surface area (Å²) in [6.45, 7) is 3.36. The summed E-state index contributed by atoms with van der Waals surface area (Å²) < 4.78 is 1.47. The summed E-state index contributed by atoms with van der Waals surface area (Å²) in [6, 6.07) is 7.50. The summed E-state index contributed by atoms with van der Waals surface area (Å²) in [4.78, 5) is 11.0. The lowest BCUT2D eigenvalue weighted by atomic mass is 10.2. The molecule has 18 heavy (non-hydrogen) atoms. The van der Waals surface area contributed by atoms with E-state index in [1.807, 2.05) is 31.2 Å². The number of carbonyl (C=O) groups is 1. The van der Waals surface area contributed by atoms with E-state index in [4.69, 9.17) is 5.11 Å². The smallest absolute Gasteiger partial charge is 0.356 e. The molecule has 0 aliphatic carbocycles. The summed E-state index contributed by atoms with van der Waals surface area (Å²) in [5.74, 6) is -1.09. The van der Waals surface area contributed by atoms with Gasteiger partial charge in [0.2, 0.25) is 0 Å². The molecular weight excluding hydrogens is 232 g/mol. The number of hydrogen-bond acceptors (Lipinski definition) is 3. The van der Waals surface area contributed by atoms with Crippen molar-refractivity contribution in [1.82, 2.24) is 9.78 Å². The number of aliphatic hydroxyl groups is 1. The molecule has 1 aromatic heterocycles. The first kappa shape index (κ1) is 12.3. The van der Waals surface area contributed by atoms with Crippen molar-refractivity contribution in [1.29, 1.82) is 0 Å². The van der Waals surface area contributed by atoms with Crippen LogP contribution in [0.3, 0.4) is 0 Å². The van der Waals surface area contributed by atoms with Gasteiger partial charge in [-0.2, -0.15) is 5.10 Å². The zero-order valence-corrected chi connectivity index (χ0v) is 10.2. The number of aliphatic hydroxyl groups excluding tert-OH is 1. The van der Waals surface area contributed by atoms with Crippen LogP contribution in [0.15, 0.2) is 24.3 Å². The first-order chi connectivity index (χ1) is 8.54. The topological polar surface area (TPSA) is 75.4 Å². The van der Waals surface area contributed by atoms with Crippen molar-refractivity contribution in [3.05, 3.63) is 46.8 Å². The Bertz CT molecular complexity index is 585. The molecule has 1 heterocycles. The van der Waals surface area contributed by atoms with Gasteiger partial charge in [0.1, 0.15) is 0 Å². The molecule has 0 aliphatic rings. The normalized spacial score (nSPS) is 10.6. The van der Waals surface area contributed by atoms with E-state index < -0.39 is 5.97 Å². The summed E-state index contributed by atoms with van der Waals surface area (Å²) >= 11 is 0. The average Bonchev–Trinajstić information content (AvgIpc) is 2.67. The quantitative estimate of drug-likeness (QED) is 0.864. The molecule has 0 saturated heterocycles. The predicted molar refractivity (Wildman–Crippen MR) is 65.9 cm³/mol. The third-order valence-corrected chi connectivity index (χ3v) is 2.87. The van der Waals surface area contributed by atoms with Gasteiger partial charge in [-0.05, 0) is 26.0 Å². The fraction of sp³-hybridized carbons (Fsp3) is 0.231. The van der Waals surface area contributed by atoms with Crippen LogP contribution in [-0.2, 0) is 6.61 Å². The van der Waals surface area contributed by atoms with Gasteiger partial charge in [0, 0.05) is 5.56 Å². The minimum atomic E-state index is -1.09. The van der Waals surface area contributed by atoms with Gasteiger partial charge in [-0.3, -0.25) is 0 Å². The lowest BCUT2D eigenvalue weighted by Crippen LogP contribution is -2.03. The van der Waals surface area contributed by atoms with Crippen LogP contribution >= 0.6 is 0 Å². The minimum absolute atomic E-state index is 0.0281. The number of carboxylic acid groups (broad SMARTS) is 1. The number of aromatic carboxylic acids is 1. The largest absolute Gasteiger partial charge is 0.476 e. The van der Waals surface area contributed by atoms with Gasteiger partial charge in [-0.25, -0.2) is 9.48 Å². The van der Waals surface area contributed by atoms with Crippen LogP contribution in [0.2, 0.25) is 0 Å². The highest BCUT2D eigenvalue weighted by Crippen LogP contribution is 2.18. The Balaban J connectivity index is 2.60. The van der Waals surface area contributed by atoms with E-state index in [0.717, 1.165) is 11.3 Å². The van der Waals surface area contributed by atoms with Crippen molar-refractivity contribution < 1.29 is 15.0 Å². The monoisotopic (exact) mass is 246 g/mol. The Hall–Kier alpha value is -2.14. The van der Waals surface area contributed by atoms with E-state index >= 15 is 0 Å². The molecule has 0 fully saturated rings. The van der Waals surface area contributed by atoms with E-state index in [0.29, 0.717) is 11.3 Å². The molecule has 1 aromatic carbocycles. The summed E-state index contributed by atoms with van der Waals surface area (Å²) in [5.41, 5.74) is 2.80. The maximum Gasteiger partial charge on any atom is 0.356 e. The van der Waals surface area contributed by atoms with Crippen molar-refractivity contribution in [2.75, 3.05) is 0 Å². The third-order valence-electron chi connectivity index (χ3n) is 2.87. The Morgan fingerprint density at radius 2 is 1.89 bits per heavy atom. The number of aryl methyl sites for hydroxylation is 1. The maximum absolute atomic E-state index is 11.0. The Labute approximate surface area is 104 Å². The van der Waals surface area contributed by atoms with Crippen LogP contribution in [-0.4, -0.2) is 26.0 Å². The van der Waals surface area contributed by atoms with Crippen LogP contribution in [0, 0.1) is 13.8 Å². The van der Waals surface area contributed by atoms with Crippen molar-refractivity contribution in [2.24, 2.45) is 0 Å². The molecule has 5 nitrogen and oxygen atoms in total. The third kappa shape index (κ3) is 2.00. The van der Waals surface area contributed by atoms with Crippen LogP contribution in [0.5, 0.6) is 0 Å². The molecule has 2 aromatic rings. The van der Waals surface area contributed by atoms with E-state index in [1.165, 1.54) is 4.68 Å². The molecule has 0 amide bonds. The van der Waals surface area contributed by atoms with Crippen molar-refractivity contribution in [2.45, 2.75) is 20.5 Å². The molecule has 0 bridgehead atoms. The molecule has 0 aliphatic heterocycles. The number of aromatic nitrogens is 2. The van der Waals surface area contributed by atoms with Gasteiger partial charge in [-0.15, -0.1) is 0 Å². The first-order valence-corrected chi connectivity index (χ1v) is 5.54. The van der Waals surface area contributed by atoms with Gasteiger partial charge in [-0.1, -0.05) is 17.7 Å². The lowest BCUT2D eigenvalue weighted by molar-refractivity contribution is 0.0689. The van der Waals surface area contributed by atoms with Crippen LogP contribution in [0.25, 0.3) is 5.69 Å². The fourth-order valence-electron chi connectivity index (χ4n) is 1.82. The van der Waals surface area contributed by atoms with Gasteiger partial charge in [0.15, 0.2) is 5.69 Å². The van der Waals surface area contributed by atoms with Crippen LogP contribution in [0.4, 0.5) is 0 Å². The summed E-state index contributed by atoms with van der Waals surface area (Å²) in [7, 11) is 0. The summed E-state index contributed by atoms with van der Waals surface area (Å²) in [6.07, 6.45) is 0. The number of benzene rings is 1. The van der Waals surface area contributed by atoms with Gasteiger partial charge >= 0.3 is 5.97 Å². The fourth-order valence-corrected chi connectivity index (χ4v) is 1.82.